The lowest BCUT2D eigenvalue weighted by atomic mass is 9.42. The lowest BCUT2D eigenvalue weighted by Gasteiger charge is -2.61. The van der Waals surface area contributed by atoms with Crippen LogP contribution in [0.15, 0.2) is 48.7 Å². The van der Waals surface area contributed by atoms with Crippen LogP contribution in [0.3, 0.4) is 0 Å². The van der Waals surface area contributed by atoms with Crippen LogP contribution in [-0.4, -0.2) is 10.9 Å². The second-order valence-corrected chi connectivity index (χ2v) is 9.06. The van der Waals surface area contributed by atoms with Crippen molar-refractivity contribution in [3.8, 4) is 0 Å². The minimum absolute atomic E-state index is 0.194. The molecule has 1 aromatic carbocycles. The first-order valence-electron chi connectivity index (χ1n) is 9.87. The van der Waals surface area contributed by atoms with Gasteiger partial charge in [0.1, 0.15) is 5.82 Å². The molecule has 1 amide bonds. The number of carbonyl (C=O) groups excluding carboxylic acids is 1. The fraction of sp³-hybridized carbons (Fsp3) is 0.478. The number of aryl methyl sites for hydroxylation is 1. The van der Waals surface area contributed by atoms with E-state index < -0.39 is 0 Å². The van der Waals surface area contributed by atoms with Gasteiger partial charge >= 0.3 is 0 Å². The van der Waals surface area contributed by atoms with E-state index in [-0.39, 0.29) is 16.7 Å². The molecule has 3 heteroatoms. The molecule has 2 aromatic rings. The average molecular weight is 346 g/mol. The highest BCUT2D eigenvalue weighted by molar-refractivity contribution is 5.95. The van der Waals surface area contributed by atoms with Gasteiger partial charge < -0.3 is 5.32 Å². The lowest BCUT2D eigenvalue weighted by Crippen LogP contribution is -2.58. The Morgan fingerprint density at radius 1 is 1.04 bits per heavy atom. The normalized spacial score (nSPS) is 34.7. The maximum atomic E-state index is 13.3. The van der Waals surface area contributed by atoms with Crippen molar-refractivity contribution >= 4 is 11.7 Å². The molecular weight excluding hydrogens is 320 g/mol. The molecule has 1 N–H and O–H groups in total. The molecule has 0 spiro atoms. The van der Waals surface area contributed by atoms with Gasteiger partial charge in [0, 0.05) is 6.20 Å². The van der Waals surface area contributed by atoms with Gasteiger partial charge in [-0.3, -0.25) is 4.79 Å². The molecule has 4 saturated carbocycles. The van der Waals surface area contributed by atoms with Crippen LogP contribution in [0.4, 0.5) is 5.82 Å². The number of rotatable bonds is 3. The van der Waals surface area contributed by atoms with Gasteiger partial charge in [-0.25, -0.2) is 4.98 Å². The summed E-state index contributed by atoms with van der Waals surface area (Å²) in [4.78, 5) is 17.6. The van der Waals surface area contributed by atoms with Crippen molar-refractivity contribution in [1.29, 1.82) is 0 Å². The number of hydrogen-bond acceptors (Lipinski definition) is 2. The summed E-state index contributed by atoms with van der Waals surface area (Å²) in [6.45, 7) is 2.14. The Kier molecular flexibility index (Phi) is 3.50. The predicted molar refractivity (Wildman–Crippen MR) is 103 cm³/mol. The van der Waals surface area contributed by atoms with Crippen LogP contribution in [-0.2, 0) is 10.2 Å². The molecule has 4 aliphatic carbocycles. The number of nitrogens with zero attached hydrogens (tertiary/aromatic N) is 1. The number of nitrogens with one attached hydrogen (secondary N) is 1. The molecule has 1 heterocycles. The minimum atomic E-state index is -0.216. The van der Waals surface area contributed by atoms with Gasteiger partial charge in [-0.1, -0.05) is 35.9 Å². The van der Waals surface area contributed by atoms with E-state index in [2.05, 4.69) is 41.5 Å². The number of carbonyl (C=O) groups is 1. The second-order valence-electron chi connectivity index (χ2n) is 9.06. The molecule has 134 valence electrons. The third-order valence-corrected chi connectivity index (χ3v) is 7.11. The van der Waals surface area contributed by atoms with Crippen LogP contribution < -0.4 is 5.32 Å². The second kappa shape index (κ2) is 5.67. The molecule has 4 fully saturated rings. The Balaban J connectivity index is 1.48. The van der Waals surface area contributed by atoms with Crippen LogP contribution in [0.5, 0.6) is 0 Å². The molecular formula is C23H26N2O. The molecule has 26 heavy (non-hydrogen) atoms. The van der Waals surface area contributed by atoms with Gasteiger partial charge in [0.25, 0.3) is 0 Å². The summed E-state index contributed by atoms with van der Waals surface area (Å²) in [6.07, 6.45) is 8.66. The van der Waals surface area contributed by atoms with Crippen molar-refractivity contribution in [2.24, 2.45) is 17.3 Å². The zero-order valence-corrected chi connectivity index (χ0v) is 15.4. The van der Waals surface area contributed by atoms with Crippen molar-refractivity contribution in [2.45, 2.75) is 50.9 Å². The van der Waals surface area contributed by atoms with E-state index >= 15 is 0 Å². The first kappa shape index (κ1) is 16.0. The Bertz CT molecular complexity index is 813. The lowest BCUT2D eigenvalue weighted by molar-refractivity contribution is -0.143. The molecule has 1 aromatic heterocycles. The minimum Gasteiger partial charge on any atom is -0.310 e. The maximum absolute atomic E-state index is 13.3. The van der Waals surface area contributed by atoms with Crippen molar-refractivity contribution in [3.05, 3.63) is 59.8 Å². The fourth-order valence-electron chi connectivity index (χ4n) is 6.46. The first-order chi connectivity index (χ1) is 12.6. The van der Waals surface area contributed by atoms with Crippen LogP contribution in [0.1, 0.15) is 49.7 Å². The Morgan fingerprint density at radius 2 is 1.77 bits per heavy atom. The molecule has 3 nitrogen and oxygen atoms in total. The number of benzene rings is 1. The van der Waals surface area contributed by atoms with Crippen molar-refractivity contribution < 1.29 is 4.79 Å². The average Bonchev–Trinajstić information content (AvgIpc) is 2.62. The van der Waals surface area contributed by atoms with E-state index in [9.17, 15) is 4.79 Å². The summed E-state index contributed by atoms with van der Waals surface area (Å²) in [5.74, 6) is 2.25. The zero-order chi connectivity index (χ0) is 17.8. The highest BCUT2D eigenvalue weighted by atomic mass is 16.2. The molecule has 0 aliphatic heterocycles. The highest BCUT2D eigenvalue weighted by Gasteiger charge is 2.60. The zero-order valence-electron chi connectivity index (χ0n) is 15.4. The Morgan fingerprint density at radius 3 is 2.42 bits per heavy atom. The largest absolute Gasteiger partial charge is 0.310 e. The van der Waals surface area contributed by atoms with E-state index in [1.807, 2.05) is 18.2 Å². The number of anilines is 1. The topological polar surface area (TPSA) is 42.0 Å². The van der Waals surface area contributed by atoms with Crippen LogP contribution in [0.25, 0.3) is 0 Å². The third kappa shape index (κ3) is 2.48. The van der Waals surface area contributed by atoms with Gasteiger partial charge in [-0.05, 0) is 80.4 Å². The molecule has 0 radical (unpaired) electrons. The van der Waals surface area contributed by atoms with Gasteiger partial charge in [-0.15, -0.1) is 0 Å². The van der Waals surface area contributed by atoms with Gasteiger partial charge in [0.05, 0.1) is 5.41 Å². The van der Waals surface area contributed by atoms with Gasteiger partial charge in [0.15, 0.2) is 0 Å². The summed E-state index contributed by atoms with van der Waals surface area (Å²) in [6, 6.07) is 14.8. The first-order valence-corrected chi connectivity index (χ1v) is 9.87. The monoisotopic (exact) mass is 346 g/mol. The smallest absolute Gasteiger partial charge is 0.231 e. The summed E-state index contributed by atoms with van der Waals surface area (Å²) < 4.78 is 0. The number of hydrogen-bond donors (Lipinski definition) is 1. The SMILES string of the molecule is Cc1ccc(C23CC4CC(CC(C(=O)Nc5ccccn5)(C4)C2)C3)cc1. The molecule has 4 bridgehead atoms. The fourth-order valence-corrected chi connectivity index (χ4v) is 6.46. The number of pyridine rings is 1. The van der Waals surface area contributed by atoms with Gasteiger partial charge in [-0.2, -0.15) is 0 Å². The number of aromatic nitrogens is 1. The quantitative estimate of drug-likeness (QED) is 0.862. The van der Waals surface area contributed by atoms with Crippen LogP contribution >= 0.6 is 0 Å². The van der Waals surface area contributed by atoms with Crippen molar-refractivity contribution in [1.82, 2.24) is 4.98 Å². The van der Waals surface area contributed by atoms with E-state index in [1.165, 1.54) is 30.4 Å². The molecule has 2 unspecified atom stereocenters. The molecule has 6 rings (SSSR count). The maximum Gasteiger partial charge on any atom is 0.231 e. The van der Waals surface area contributed by atoms with E-state index in [1.54, 1.807) is 6.20 Å². The summed E-state index contributed by atoms with van der Waals surface area (Å²) in [7, 11) is 0. The van der Waals surface area contributed by atoms with E-state index in [0.717, 1.165) is 19.3 Å². The Labute approximate surface area is 155 Å². The van der Waals surface area contributed by atoms with Crippen LogP contribution in [0, 0.1) is 24.2 Å². The third-order valence-electron chi connectivity index (χ3n) is 7.11. The predicted octanol–water partition coefficient (Wildman–Crippen LogP) is 4.87. The van der Waals surface area contributed by atoms with Crippen LogP contribution in [0.2, 0.25) is 0 Å². The molecule has 0 saturated heterocycles. The molecule has 2 atom stereocenters. The summed E-state index contributed by atoms with van der Waals surface area (Å²) in [5.41, 5.74) is 2.74. The Hall–Kier alpha value is -2.16. The van der Waals surface area contributed by atoms with E-state index in [4.69, 9.17) is 0 Å². The van der Waals surface area contributed by atoms with Gasteiger partial charge in [0.2, 0.25) is 5.91 Å². The van der Waals surface area contributed by atoms with Crippen molar-refractivity contribution in [2.75, 3.05) is 5.32 Å². The standard InChI is InChI=1S/C23H26N2O/c1-16-5-7-19(8-6-16)22-11-17-10-18(12-22)14-23(13-17,15-22)21(26)25-20-4-2-3-9-24-20/h2-9,17-18H,10-15H2,1H3,(H,24,25,26). The van der Waals surface area contributed by atoms with E-state index in [0.29, 0.717) is 17.7 Å². The summed E-state index contributed by atoms with van der Waals surface area (Å²) >= 11 is 0. The summed E-state index contributed by atoms with van der Waals surface area (Å²) in [5, 5.41) is 3.13. The molecule has 4 aliphatic rings. The van der Waals surface area contributed by atoms with Crippen molar-refractivity contribution in [3.63, 3.8) is 0 Å². The number of amides is 1. The highest BCUT2D eigenvalue weighted by Crippen LogP contribution is 2.65.